The molecule has 1 N–H and O–H groups in total. The monoisotopic (exact) mass is 328 g/mol. The van der Waals surface area contributed by atoms with E-state index in [9.17, 15) is 13.6 Å². The number of hydrogen-bond acceptors (Lipinski definition) is 3. The highest BCUT2D eigenvalue weighted by Gasteiger charge is 2.52. The smallest absolute Gasteiger partial charge is 0.261 e. The number of rotatable bonds is 4. The maximum Gasteiger partial charge on any atom is 0.261 e. The van der Waals surface area contributed by atoms with E-state index in [0.29, 0.717) is 29.3 Å². The van der Waals surface area contributed by atoms with Gasteiger partial charge in [-0.2, -0.15) is 5.10 Å². The topological polar surface area (TPSA) is 59.8 Å². The first kappa shape index (κ1) is 14.7. The predicted molar refractivity (Wildman–Crippen MR) is 84.3 cm³/mol. The van der Waals surface area contributed by atoms with Crippen molar-refractivity contribution in [2.45, 2.75) is 24.8 Å². The average Bonchev–Trinajstić information content (AvgIpc) is 3.24. The Hall–Kier alpha value is -2.83. The van der Waals surface area contributed by atoms with Crippen LogP contribution in [0.1, 0.15) is 23.2 Å². The first-order valence-electron chi connectivity index (χ1n) is 7.58. The van der Waals surface area contributed by atoms with Crippen molar-refractivity contribution in [3.8, 4) is 5.69 Å². The molecule has 1 fully saturated rings. The summed E-state index contributed by atoms with van der Waals surface area (Å²) in [6.45, 7) is 0. The largest absolute Gasteiger partial charge is 0.341 e. The van der Waals surface area contributed by atoms with E-state index in [2.05, 4.69) is 15.4 Å². The lowest BCUT2D eigenvalue weighted by Gasteiger charge is -2.16. The van der Waals surface area contributed by atoms with Crippen molar-refractivity contribution in [2.24, 2.45) is 0 Å². The Kier molecular flexibility index (Phi) is 3.30. The van der Waals surface area contributed by atoms with Crippen molar-refractivity contribution >= 4 is 16.8 Å². The van der Waals surface area contributed by atoms with Gasteiger partial charge in [-0.3, -0.25) is 9.78 Å². The summed E-state index contributed by atoms with van der Waals surface area (Å²) in [5.41, 5.74) is 0.354. The molecule has 0 spiro atoms. The summed E-state index contributed by atoms with van der Waals surface area (Å²) in [4.78, 5) is 16.5. The van der Waals surface area contributed by atoms with Crippen LogP contribution in [-0.2, 0) is 0 Å². The molecule has 4 rings (SSSR count). The maximum absolute atomic E-state index is 13.1. The molecule has 0 bridgehead atoms. The fraction of sp³-hybridized carbons (Fsp3) is 0.235. The van der Waals surface area contributed by atoms with Gasteiger partial charge in [-0.1, -0.05) is 6.07 Å². The molecule has 2 aromatic heterocycles. The van der Waals surface area contributed by atoms with Gasteiger partial charge in [-0.25, -0.2) is 13.5 Å². The molecule has 1 aliphatic rings. The van der Waals surface area contributed by atoms with Crippen molar-refractivity contribution < 1.29 is 13.6 Å². The minimum Gasteiger partial charge on any atom is -0.341 e. The molecule has 0 aliphatic heterocycles. The Morgan fingerprint density at radius 2 is 2.08 bits per heavy atom. The number of benzene rings is 1. The lowest BCUT2D eigenvalue weighted by molar-refractivity contribution is 0.0681. The van der Waals surface area contributed by atoms with Gasteiger partial charge in [0.1, 0.15) is 5.54 Å². The molecule has 1 amide bonds. The Labute approximate surface area is 136 Å². The van der Waals surface area contributed by atoms with Crippen LogP contribution in [-0.4, -0.2) is 32.6 Å². The van der Waals surface area contributed by atoms with Gasteiger partial charge >= 0.3 is 0 Å². The van der Waals surface area contributed by atoms with Crippen molar-refractivity contribution in [2.75, 3.05) is 0 Å². The third-order valence-corrected chi connectivity index (χ3v) is 4.27. The number of carbonyl (C=O) groups is 1. The number of carbonyl (C=O) groups excluding carboxylic acids is 1. The van der Waals surface area contributed by atoms with E-state index in [1.807, 2.05) is 6.07 Å². The number of nitrogens with zero attached hydrogens (tertiary/aromatic N) is 3. The highest BCUT2D eigenvalue weighted by atomic mass is 19.3. The van der Waals surface area contributed by atoms with E-state index in [-0.39, 0.29) is 0 Å². The molecular formula is C17H14F2N4O. The molecule has 1 aliphatic carbocycles. The van der Waals surface area contributed by atoms with Gasteiger partial charge in [0, 0.05) is 17.8 Å². The molecule has 0 radical (unpaired) electrons. The first-order valence-corrected chi connectivity index (χ1v) is 7.58. The van der Waals surface area contributed by atoms with Gasteiger partial charge in [-0.05, 0) is 37.1 Å². The molecule has 122 valence electrons. The van der Waals surface area contributed by atoms with Crippen molar-refractivity contribution in [3.63, 3.8) is 0 Å². The zero-order chi connectivity index (χ0) is 16.7. The van der Waals surface area contributed by atoms with Gasteiger partial charge < -0.3 is 5.32 Å². The Bertz CT molecular complexity index is 903. The zero-order valence-electron chi connectivity index (χ0n) is 12.6. The lowest BCUT2D eigenvalue weighted by atomic mass is 10.1. The highest BCUT2D eigenvalue weighted by Crippen LogP contribution is 2.41. The standard InChI is InChI=1S/C17H14F2N4O/c18-16(19)17(6-7-17)21-15(24)12-4-1-5-14-13(12)10-23(22-14)11-3-2-8-20-9-11/h1-5,8-10,16H,6-7H2,(H,21,24). The average molecular weight is 328 g/mol. The predicted octanol–water partition coefficient (Wildman–Crippen LogP) is 2.95. The van der Waals surface area contributed by atoms with Crippen LogP contribution in [0.2, 0.25) is 0 Å². The number of alkyl halides is 2. The van der Waals surface area contributed by atoms with Crippen LogP contribution < -0.4 is 5.32 Å². The molecule has 2 heterocycles. The second-order valence-electron chi connectivity index (χ2n) is 5.93. The zero-order valence-corrected chi connectivity index (χ0v) is 12.6. The number of pyridine rings is 1. The molecular weight excluding hydrogens is 314 g/mol. The summed E-state index contributed by atoms with van der Waals surface area (Å²) < 4.78 is 27.7. The SMILES string of the molecule is O=C(NC1(C(F)F)CC1)c1cccc2nn(-c3cccnc3)cc12. The number of amides is 1. The summed E-state index contributed by atoms with van der Waals surface area (Å²) >= 11 is 0. The summed E-state index contributed by atoms with van der Waals surface area (Å²) in [6, 6.07) is 8.72. The fourth-order valence-corrected chi connectivity index (χ4v) is 2.69. The number of fused-ring (bicyclic) bond motifs is 1. The van der Waals surface area contributed by atoms with Crippen LogP contribution >= 0.6 is 0 Å². The van der Waals surface area contributed by atoms with Gasteiger partial charge in [0.05, 0.1) is 23.0 Å². The van der Waals surface area contributed by atoms with E-state index < -0.39 is 17.9 Å². The van der Waals surface area contributed by atoms with Gasteiger partial charge in [0.2, 0.25) is 0 Å². The third-order valence-electron chi connectivity index (χ3n) is 4.27. The molecule has 1 aromatic carbocycles. The van der Waals surface area contributed by atoms with Gasteiger partial charge in [-0.15, -0.1) is 0 Å². The van der Waals surface area contributed by atoms with E-state index >= 15 is 0 Å². The van der Waals surface area contributed by atoms with Crippen LogP contribution in [0.4, 0.5) is 8.78 Å². The second kappa shape index (κ2) is 5.36. The number of hydrogen-bond donors (Lipinski definition) is 1. The molecule has 1 saturated carbocycles. The normalized spacial score (nSPS) is 15.6. The second-order valence-corrected chi connectivity index (χ2v) is 5.93. The van der Waals surface area contributed by atoms with Gasteiger partial charge in [0.15, 0.2) is 0 Å². The maximum atomic E-state index is 13.1. The Balaban J connectivity index is 1.71. The van der Waals surface area contributed by atoms with Crippen LogP contribution in [0, 0.1) is 0 Å². The lowest BCUT2D eigenvalue weighted by Crippen LogP contribution is -2.42. The van der Waals surface area contributed by atoms with Crippen molar-refractivity contribution in [3.05, 3.63) is 54.5 Å². The first-order chi connectivity index (χ1) is 11.6. The molecule has 0 unspecified atom stereocenters. The summed E-state index contributed by atoms with van der Waals surface area (Å²) in [7, 11) is 0. The van der Waals surface area contributed by atoms with E-state index in [0.717, 1.165) is 5.69 Å². The number of nitrogens with one attached hydrogen (secondary N) is 1. The van der Waals surface area contributed by atoms with E-state index in [1.165, 1.54) is 0 Å². The van der Waals surface area contributed by atoms with E-state index in [1.54, 1.807) is 47.5 Å². The highest BCUT2D eigenvalue weighted by molar-refractivity contribution is 6.06. The van der Waals surface area contributed by atoms with Gasteiger partial charge in [0.25, 0.3) is 12.3 Å². The molecule has 5 nitrogen and oxygen atoms in total. The third kappa shape index (κ3) is 2.42. The molecule has 7 heteroatoms. The Morgan fingerprint density at radius 3 is 2.75 bits per heavy atom. The van der Waals surface area contributed by atoms with Crippen LogP contribution in [0.3, 0.4) is 0 Å². The fourth-order valence-electron chi connectivity index (χ4n) is 2.69. The number of halogens is 2. The summed E-state index contributed by atoms with van der Waals surface area (Å²) in [6.07, 6.45) is 3.08. The molecule has 3 aromatic rings. The minimum atomic E-state index is -2.56. The summed E-state index contributed by atoms with van der Waals surface area (Å²) in [5.74, 6) is -0.496. The van der Waals surface area contributed by atoms with E-state index in [4.69, 9.17) is 0 Å². The molecule has 0 atom stereocenters. The van der Waals surface area contributed by atoms with Crippen LogP contribution in [0.5, 0.6) is 0 Å². The number of aromatic nitrogens is 3. The van der Waals surface area contributed by atoms with Crippen molar-refractivity contribution in [1.82, 2.24) is 20.1 Å². The molecule has 24 heavy (non-hydrogen) atoms. The minimum absolute atomic E-state index is 0.307. The van der Waals surface area contributed by atoms with Crippen LogP contribution in [0.25, 0.3) is 16.6 Å². The molecule has 0 saturated heterocycles. The Morgan fingerprint density at radius 1 is 1.25 bits per heavy atom. The van der Waals surface area contributed by atoms with Crippen LogP contribution in [0.15, 0.2) is 48.9 Å². The summed E-state index contributed by atoms with van der Waals surface area (Å²) in [5, 5.41) is 7.52. The van der Waals surface area contributed by atoms with Crippen molar-refractivity contribution in [1.29, 1.82) is 0 Å². The quantitative estimate of drug-likeness (QED) is 0.801.